The molecule has 1 saturated carbocycles. The van der Waals surface area contributed by atoms with E-state index in [9.17, 15) is 9.59 Å². The Hall–Kier alpha value is -2.42. The number of benzene rings is 1. The predicted octanol–water partition coefficient (Wildman–Crippen LogP) is 3.04. The summed E-state index contributed by atoms with van der Waals surface area (Å²) >= 11 is 6.53. The number of hydrogen-bond donors (Lipinski definition) is 1. The number of fused-ring (bicyclic) bond motifs is 3. The molecule has 2 fully saturated rings. The molecule has 2 unspecified atom stereocenters. The molecule has 2 atom stereocenters. The lowest BCUT2D eigenvalue weighted by molar-refractivity contribution is -0.124. The van der Waals surface area contributed by atoms with Crippen LogP contribution in [0.1, 0.15) is 37.5 Å². The van der Waals surface area contributed by atoms with Gasteiger partial charge >= 0.3 is 0 Å². The van der Waals surface area contributed by atoms with E-state index in [1.807, 2.05) is 16.7 Å². The summed E-state index contributed by atoms with van der Waals surface area (Å²) < 4.78 is 12.6. The van der Waals surface area contributed by atoms with Crippen LogP contribution in [0, 0.1) is 6.92 Å². The Kier molecular flexibility index (Phi) is 5.92. The average molecular weight is 459 g/mol. The van der Waals surface area contributed by atoms with Crippen molar-refractivity contribution in [3.8, 4) is 0 Å². The van der Waals surface area contributed by atoms with E-state index < -0.39 is 0 Å². The number of carbonyl (C=O) groups excluding carboxylic acids is 1. The van der Waals surface area contributed by atoms with E-state index in [1.165, 1.54) is 0 Å². The number of carbonyl (C=O) groups is 1. The summed E-state index contributed by atoms with van der Waals surface area (Å²) in [6.07, 6.45) is 3.41. The molecule has 5 rings (SSSR count). The molecule has 170 valence electrons. The molecule has 1 amide bonds. The van der Waals surface area contributed by atoms with Crippen LogP contribution in [0.2, 0.25) is 5.02 Å². The molecule has 2 aliphatic rings. The van der Waals surface area contributed by atoms with Gasteiger partial charge in [0.25, 0.3) is 5.56 Å². The number of nitrogens with one attached hydrogen (secondary N) is 1. The summed E-state index contributed by atoms with van der Waals surface area (Å²) in [5.74, 6) is 0.523. The Bertz CT molecular complexity index is 1210. The highest BCUT2D eigenvalue weighted by atomic mass is 35.5. The number of rotatable bonds is 4. The van der Waals surface area contributed by atoms with Crippen LogP contribution in [0.25, 0.3) is 21.8 Å². The molecule has 1 aromatic carbocycles. The number of amides is 1. The number of ether oxygens (including phenoxy) is 1. The first kappa shape index (κ1) is 21.4. The number of halogens is 1. The Morgan fingerprint density at radius 3 is 2.88 bits per heavy atom. The molecule has 3 heterocycles. The molecule has 0 spiro atoms. The van der Waals surface area contributed by atoms with Gasteiger partial charge in [-0.05, 0) is 44.7 Å². The van der Waals surface area contributed by atoms with Crippen molar-refractivity contribution >= 4 is 39.3 Å². The topological polar surface area (TPSA) is 89.6 Å². The maximum Gasteiger partial charge on any atom is 0.264 e. The molecule has 9 heteroatoms. The maximum absolute atomic E-state index is 13.5. The van der Waals surface area contributed by atoms with Crippen molar-refractivity contribution in [1.82, 2.24) is 19.9 Å². The second-order valence-electron chi connectivity index (χ2n) is 8.74. The van der Waals surface area contributed by atoms with Gasteiger partial charge in [-0.15, -0.1) is 0 Å². The van der Waals surface area contributed by atoms with E-state index >= 15 is 0 Å². The average Bonchev–Trinajstić information content (AvgIpc) is 3.16. The first-order valence-corrected chi connectivity index (χ1v) is 11.6. The number of morpholine rings is 1. The highest BCUT2D eigenvalue weighted by molar-refractivity contribution is 6.37. The Morgan fingerprint density at radius 1 is 1.25 bits per heavy atom. The van der Waals surface area contributed by atoms with Crippen molar-refractivity contribution in [2.75, 3.05) is 32.8 Å². The summed E-state index contributed by atoms with van der Waals surface area (Å²) in [6, 6.07) is 5.56. The van der Waals surface area contributed by atoms with Crippen LogP contribution in [0.4, 0.5) is 0 Å². The highest BCUT2D eigenvalue weighted by Gasteiger charge is 2.29. The Morgan fingerprint density at radius 2 is 2.06 bits per heavy atom. The summed E-state index contributed by atoms with van der Waals surface area (Å²) in [5, 5.41) is 9.07. The minimum absolute atomic E-state index is 0.0303. The standard InChI is InChI=1S/C23H27ClN4O4/c1-14-20-22(26-32-14)21-17(24)6-3-7-18(21)28(23(20)30)16-5-2-4-15(12-16)25-19(29)13-27-8-10-31-11-9-27/h3,6-7,15-16H,2,4-5,8-13H2,1H3,(H,25,29). The lowest BCUT2D eigenvalue weighted by Crippen LogP contribution is -2.47. The van der Waals surface area contributed by atoms with Gasteiger partial charge in [-0.1, -0.05) is 22.8 Å². The summed E-state index contributed by atoms with van der Waals surface area (Å²) in [6.45, 7) is 5.03. The van der Waals surface area contributed by atoms with Gasteiger partial charge in [0.15, 0.2) is 0 Å². The first-order valence-electron chi connectivity index (χ1n) is 11.2. The third kappa shape index (κ3) is 3.91. The summed E-state index contributed by atoms with van der Waals surface area (Å²) in [7, 11) is 0. The minimum Gasteiger partial charge on any atom is -0.379 e. The van der Waals surface area contributed by atoms with E-state index in [-0.39, 0.29) is 23.6 Å². The van der Waals surface area contributed by atoms with Crippen LogP contribution in [0.15, 0.2) is 27.5 Å². The molecule has 3 aromatic rings. The van der Waals surface area contributed by atoms with E-state index in [4.69, 9.17) is 20.9 Å². The van der Waals surface area contributed by atoms with E-state index in [2.05, 4.69) is 15.4 Å². The van der Waals surface area contributed by atoms with E-state index in [0.29, 0.717) is 47.9 Å². The zero-order valence-electron chi connectivity index (χ0n) is 18.1. The van der Waals surface area contributed by atoms with Crippen molar-refractivity contribution in [1.29, 1.82) is 0 Å². The lowest BCUT2D eigenvalue weighted by atomic mass is 9.90. The zero-order chi connectivity index (χ0) is 22.2. The van der Waals surface area contributed by atoms with Crippen molar-refractivity contribution in [2.24, 2.45) is 0 Å². The van der Waals surface area contributed by atoms with Crippen LogP contribution in [-0.4, -0.2) is 59.4 Å². The lowest BCUT2D eigenvalue weighted by Gasteiger charge is -2.33. The highest BCUT2D eigenvalue weighted by Crippen LogP contribution is 2.35. The fourth-order valence-corrected chi connectivity index (χ4v) is 5.36. The molecule has 0 radical (unpaired) electrons. The molecular weight excluding hydrogens is 432 g/mol. The van der Waals surface area contributed by atoms with Crippen LogP contribution < -0.4 is 10.9 Å². The third-order valence-electron chi connectivity index (χ3n) is 6.63. The predicted molar refractivity (Wildman–Crippen MR) is 122 cm³/mol. The first-order chi connectivity index (χ1) is 15.5. The molecule has 1 saturated heterocycles. The second-order valence-corrected chi connectivity index (χ2v) is 9.15. The van der Waals surface area contributed by atoms with Gasteiger partial charge in [0.1, 0.15) is 16.7 Å². The summed E-state index contributed by atoms with van der Waals surface area (Å²) in [5.41, 5.74) is 1.16. The van der Waals surface area contributed by atoms with Crippen LogP contribution >= 0.6 is 11.6 Å². The molecule has 1 aliphatic heterocycles. The minimum atomic E-state index is -0.112. The number of hydrogen-bond acceptors (Lipinski definition) is 6. The molecule has 1 N–H and O–H groups in total. The number of aromatic nitrogens is 2. The molecule has 32 heavy (non-hydrogen) atoms. The Labute approximate surface area is 190 Å². The molecule has 1 aliphatic carbocycles. The van der Waals surface area contributed by atoms with Gasteiger partial charge in [0.2, 0.25) is 5.91 Å². The maximum atomic E-state index is 13.5. The Balaban J connectivity index is 1.44. The zero-order valence-corrected chi connectivity index (χ0v) is 18.9. The molecule has 8 nitrogen and oxygen atoms in total. The third-order valence-corrected chi connectivity index (χ3v) is 6.95. The summed E-state index contributed by atoms with van der Waals surface area (Å²) in [4.78, 5) is 28.3. The van der Waals surface area contributed by atoms with Gasteiger partial charge in [0.05, 0.1) is 30.3 Å². The van der Waals surface area contributed by atoms with Crippen LogP contribution in [0.3, 0.4) is 0 Å². The normalized spacial score (nSPS) is 22.4. The van der Waals surface area contributed by atoms with Crippen LogP contribution in [-0.2, 0) is 9.53 Å². The molecule has 2 aromatic heterocycles. The van der Waals surface area contributed by atoms with Gasteiger partial charge in [-0.2, -0.15) is 0 Å². The second kappa shape index (κ2) is 8.84. The fraction of sp³-hybridized carbons (Fsp3) is 0.522. The molecular formula is C23H27ClN4O4. The number of pyridine rings is 1. The van der Waals surface area contributed by atoms with Crippen molar-refractivity contribution in [3.63, 3.8) is 0 Å². The van der Waals surface area contributed by atoms with Gasteiger partial charge in [-0.25, -0.2) is 0 Å². The fourth-order valence-electron chi connectivity index (χ4n) is 5.10. The SMILES string of the molecule is Cc1onc2c1c(=O)n(C1CCCC(NC(=O)CN3CCOCC3)C1)c1cccc(Cl)c21. The van der Waals surface area contributed by atoms with E-state index in [1.54, 1.807) is 13.0 Å². The number of nitrogens with zero attached hydrogens (tertiary/aromatic N) is 3. The van der Waals surface area contributed by atoms with Gasteiger partial charge in [-0.3, -0.25) is 14.5 Å². The van der Waals surface area contributed by atoms with Crippen molar-refractivity contribution in [2.45, 2.75) is 44.7 Å². The van der Waals surface area contributed by atoms with Gasteiger partial charge < -0.3 is 19.1 Å². The molecule has 0 bridgehead atoms. The van der Waals surface area contributed by atoms with E-state index in [0.717, 1.165) is 43.3 Å². The van der Waals surface area contributed by atoms with Crippen molar-refractivity contribution in [3.05, 3.63) is 39.3 Å². The quantitative estimate of drug-likeness (QED) is 0.646. The number of aryl methyl sites for hydroxylation is 1. The van der Waals surface area contributed by atoms with Gasteiger partial charge in [0, 0.05) is 30.6 Å². The largest absolute Gasteiger partial charge is 0.379 e. The monoisotopic (exact) mass is 458 g/mol. The van der Waals surface area contributed by atoms with Crippen LogP contribution in [0.5, 0.6) is 0 Å². The van der Waals surface area contributed by atoms with Crippen molar-refractivity contribution < 1.29 is 14.1 Å². The smallest absolute Gasteiger partial charge is 0.264 e.